The first-order valence-electron chi connectivity index (χ1n) is 9.30. The number of thioether (sulfide) groups is 1. The maximum atomic E-state index is 13.0. The molecule has 1 saturated heterocycles. The Balaban J connectivity index is 1.89. The molecule has 1 aliphatic heterocycles. The van der Waals surface area contributed by atoms with Crippen LogP contribution >= 0.6 is 11.8 Å². The molecule has 0 aliphatic carbocycles. The molecule has 154 valence electrons. The summed E-state index contributed by atoms with van der Waals surface area (Å²) >= 11 is 1.53. The zero-order valence-electron chi connectivity index (χ0n) is 16.0. The summed E-state index contributed by atoms with van der Waals surface area (Å²) in [4.78, 5) is 0.230. The fourth-order valence-corrected chi connectivity index (χ4v) is 5.29. The Morgan fingerprint density at radius 2 is 2.10 bits per heavy atom. The van der Waals surface area contributed by atoms with Crippen molar-refractivity contribution in [1.82, 2.24) is 19.1 Å². The van der Waals surface area contributed by atoms with Crippen molar-refractivity contribution in [3.05, 3.63) is 36.9 Å². The lowest BCUT2D eigenvalue weighted by atomic mass is 10.2. The molecule has 2 heterocycles. The van der Waals surface area contributed by atoms with Gasteiger partial charge in [-0.3, -0.25) is 4.57 Å². The van der Waals surface area contributed by atoms with Crippen molar-refractivity contribution in [2.75, 3.05) is 32.1 Å². The van der Waals surface area contributed by atoms with Crippen LogP contribution in [0.5, 0.6) is 0 Å². The van der Waals surface area contributed by atoms with E-state index in [2.05, 4.69) is 22.8 Å². The summed E-state index contributed by atoms with van der Waals surface area (Å²) in [6, 6.07) is 8.91. The third-order valence-electron chi connectivity index (χ3n) is 4.39. The maximum absolute atomic E-state index is 13.0. The number of nitrogens with zero attached hydrogens (tertiary/aromatic N) is 5. The molecule has 0 amide bonds. The van der Waals surface area contributed by atoms with Crippen molar-refractivity contribution >= 4 is 21.8 Å². The van der Waals surface area contributed by atoms with Crippen molar-refractivity contribution in [1.29, 1.82) is 5.26 Å². The zero-order valence-corrected chi connectivity index (χ0v) is 17.7. The quantitative estimate of drug-likeness (QED) is 0.340. The number of ether oxygens (including phenoxy) is 1. The van der Waals surface area contributed by atoms with Crippen LogP contribution in [0.15, 0.2) is 47.0 Å². The molecule has 0 spiro atoms. The molecule has 1 fully saturated rings. The fraction of sp³-hybridized carbons (Fsp3) is 0.421. The Bertz CT molecular complexity index is 992. The van der Waals surface area contributed by atoms with E-state index in [4.69, 9.17) is 10.00 Å². The molecule has 29 heavy (non-hydrogen) atoms. The van der Waals surface area contributed by atoms with E-state index in [1.165, 1.54) is 16.1 Å². The van der Waals surface area contributed by atoms with Gasteiger partial charge in [0.15, 0.2) is 11.0 Å². The SMILES string of the molecule is C=CCn1c(SCCCC#N)nnc1-c1cccc(S(=O)(=O)N2CCOCC2)c1. The Morgan fingerprint density at radius 3 is 2.83 bits per heavy atom. The van der Waals surface area contributed by atoms with Crippen molar-refractivity contribution in [2.24, 2.45) is 0 Å². The second-order valence-corrected chi connectivity index (χ2v) is 9.36. The van der Waals surface area contributed by atoms with Gasteiger partial charge in [0.2, 0.25) is 10.0 Å². The van der Waals surface area contributed by atoms with Crippen molar-refractivity contribution in [3.8, 4) is 17.5 Å². The molecule has 10 heteroatoms. The predicted octanol–water partition coefficient (Wildman–Crippen LogP) is 2.55. The van der Waals surface area contributed by atoms with Gasteiger partial charge in [-0.25, -0.2) is 8.42 Å². The van der Waals surface area contributed by atoms with Gasteiger partial charge < -0.3 is 4.74 Å². The third-order valence-corrected chi connectivity index (χ3v) is 7.34. The number of rotatable bonds is 9. The first-order valence-corrected chi connectivity index (χ1v) is 11.7. The van der Waals surface area contributed by atoms with Crippen LogP contribution in [0.2, 0.25) is 0 Å². The van der Waals surface area contributed by atoms with E-state index in [1.54, 1.807) is 24.3 Å². The van der Waals surface area contributed by atoms with Gasteiger partial charge in [0.1, 0.15) is 0 Å². The van der Waals surface area contributed by atoms with Crippen LogP contribution in [0.1, 0.15) is 12.8 Å². The highest BCUT2D eigenvalue weighted by Gasteiger charge is 2.27. The number of benzene rings is 1. The number of sulfonamides is 1. The second kappa shape index (κ2) is 10.0. The first kappa shape index (κ1) is 21.5. The van der Waals surface area contributed by atoms with E-state index in [0.29, 0.717) is 50.7 Å². The predicted molar refractivity (Wildman–Crippen MR) is 111 cm³/mol. The Labute approximate surface area is 175 Å². The molecule has 0 radical (unpaired) electrons. The van der Waals surface area contributed by atoms with E-state index < -0.39 is 10.0 Å². The topological polar surface area (TPSA) is 101 Å². The minimum Gasteiger partial charge on any atom is -0.379 e. The monoisotopic (exact) mass is 433 g/mol. The Kier molecular flexibility index (Phi) is 7.44. The van der Waals surface area contributed by atoms with E-state index in [0.717, 1.165) is 17.3 Å². The molecule has 1 aromatic carbocycles. The summed E-state index contributed by atoms with van der Waals surface area (Å²) < 4.78 is 34.6. The molecule has 2 aromatic rings. The highest BCUT2D eigenvalue weighted by Crippen LogP contribution is 2.27. The van der Waals surface area contributed by atoms with Gasteiger partial charge in [-0.15, -0.1) is 16.8 Å². The number of allylic oxidation sites excluding steroid dienone is 1. The van der Waals surface area contributed by atoms with Gasteiger partial charge >= 0.3 is 0 Å². The number of hydrogen-bond donors (Lipinski definition) is 0. The minimum atomic E-state index is -3.59. The number of morpholine rings is 1. The first-order chi connectivity index (χ1) is 14.1. The number of aromatic nitrogens is 3. The van der Waals surface area contributed by atoms with Crippen LogP contribution in [-0.4, -0.2) is 59.5 Å². The lowest BCUT2D eigenvalue weighted by Crippen LogP contribution is -2.40. The van der Waals surface area contributed by atoms with E-state index in [9.17, 15) is 8.42 Å². The van der Waals surface area contributed by atoms with Crippen LogP contribution in [0.25, 0.3) is 11.4 Å². The smallest absolute Gasteiger partial charge is 0.243 e. The number of hydrogen-bond acceptors (Lipinski definition) is 7. The summed E-state index contributed by atoms with van der Waals surface area (Å²) in [5.41, 5.74) is 0.678. The summed E-state index contributed by atoms with van der Waals surface area (Å²) in [7, 11) is -3.59. The van der Waals surface area contributed by atoms with Crippen LogP contribution in [0.3, 0.4) is 0 Å². The van der Waals surface area contributed by atoms with E-state index in [1.807, 2.05) is 10.6 Å². The fourth-order valence-electron chi connectivity index (χ4n) is 2.95. The molecule has 1 aliphatic rings. The molecule has 0 saturated carbocycles. The molecular weight excluding hydrogens is 410 g/mol. The van der Waals surface area contributed by atoms with Crippen LogP contribution < -0.4 is 0 Å². The van der Waals surface area contributed by atoms with Crippen molar-refractivity contribution < 1.29 is 13.2 Å². The van der Waals surface area contributed by atoms with E-state index in [-0.39, 0.29) is 4.90 Å². The largest absolute Gasteiger partial charge is 0.379 e. The zero-order chi connectivity index (χ0) is 20.7. The Hall–Kier alpha value is -2.19. The average Bonchev–Trinajstić information content (AvgIpc) is 3.15. The molecule has 0 atom stereocenters. The van der Waals surface area contributed by atoms with Gasteiger partial charge in [0.05, 0.1) is 24.2 Å². The summed E-state index contributed by atoms with van der Waals surface area (Å²) in [6.07, 6.45) is 3.02. The van der Waals surface area contributed by atoms with Crippen molar-refractivity contribution in [3.63, 3.8) is 0 Å². The number of unbranched alkanes of at least 4 members (excludes halogenated alkanes) is 1. The number of nitriles is 1. The molecule has 3 rings (SSSR count). The molecule has 8 nitrogen and oxygen atoms in total. The van der Waals surface area contributed by atoms with Crippen LogP contribution in [0, 0.1) is 11.3 Å². The van der Waals surface area contributed by atoms with E-state index >= 15 is 0 Å². The van der Waals surface area contributed by atoms with Crippen LogP contribution in [0.4, 0.5) is 0 Å². The van der Waals surface area contributed by atoms with Gasteiger partial charge in [-0.2, -0.15) is 9.57 Å². The highest BCUT2D eigenvalue weighted by molar-refractivity contribution is 7.99. The second-order valence-electron chi connectivity index (χ2n) is 6.36. The molecule has 0 N–H and O–H groups in total. The maximum Gasteiger partial charge on any atom is 0.243 e. The van der Waals surface area contributed by atoms with Gasteiger partial charge in [-0.1, -0.05) is 30.0 Å². The average molecular weight is 434 g/mol. The summed E-state index contributed by atoms with van der Waals surface area (Å²) in [5.74, 6) is 1.35. The molecule has 1 aromatic heterocycles. The van der Waals surface area contributed by atoms with Gasteiger partial charge in [0, 0.05) is 37.4 Å². The minimum absolute atomic E-state index is 0.230. The lowest BCUT2D eigenvalue weighted by Gasteiger charge is -2.26. The molecular formula is C19H23N5O3S2. The molecule has 0 bridgehead atoms. The highest BCUT2D eigenvalue weighted by atomic mass is 32.2. The van der Waals surface area contributed by atoms with Crippen LogP contribution in [-0.2, 0) is 21.3 Å². The lowest BCUT2D eigenvalue weighted by molar-refractivity contribution is 0.0730. The van der Waals surface area contributed by atoms with Crippen molar-refractivity contribution in [2.45, 2.75) is 29.4 Å². The summed E-state index contributed by atoms with van der Waals surface area (Å²) in [6.45, 7) is 5.80. The van der Waals surface area contributed by atoms with Gasteiger partial charge in [-0.05, 0) is 18.6 Å². The Morgan fingerprint density at radius 1 is 1.31 bits per heavy atom. The normalized spacial score (nSPS) is 15.1. The standard InChI is InChI=1S/C19H23N5O3S2/c1-2-9-24-18(21-22-19(24)28-14-4-3-8-20)16-6-5-7-17(15-16)29(25,26)23-10-12-27-13-11-23/h2,5-7,15H,1,3-4,9-14H2. The summed E-state index contributed by atoms with van der Waals surface area (Å²) in [5, 5.41) is 17.9. The third kappa shape index (κ3) is 5.05. The molecule has 0 unspecified atom stereocenters. The van der Waals surface area contributed by atoms with Gasteiger partial charge in [0.25, 0.3) is 0 Å².